The van der Waals surface area contributed by atoms with E-state index < -0.39 is 12.1 Å². The number of carbonyl (C=O) groups is 2. The van der Waals surface area contributed by atoms with Gasteiger partial charge in [-0.05, 0) is 48.7 Å². The molecule has 0 radical (unpaired) electrons. The summed E-state index contributed by atoms with van der Waals surface area (Å²) in [4.78, 5) is 28.8. The molecule has 0 saturated heterocycles. The summed E-state index contributed by atoms with van der Waals surface area (Å²) in [5.41, 5.74) is 3.50. The number of nitrogens with zero attached hydrogens (tertiary/aromatic N) is 3. The minimum atomic E-state index is -0.985. The summed E-state index contributed by atoms with van der Waals surface area (Å²) < 4.78 is 5.30. The van der Waals surface area contributed by atoms with E-state index >= 15 is 0 Å². The maximum atomic E-state index is 12.8. The standard InChI is InChI=1S/C23H23N3O3/c1-16(22(27)26-13-12-18-6-4-5-7-21(18)26)29-23(28)19(15-24)14-17-8-10-20(11-9-17)25(2)3/h4-11,14,16H,12-13H2,1-3H3/b19-14+/t16-/m1/s1. The van der Waals surface area contributed by atoms with Crippen LogP contribution in [0.25, 0.3) is 6.08 Å². The number of rotatable bonds is 5. The first-order valence-corrected chi connectivity index (χ1v) is 9.40. The number of anilines is 2. The van der Waals surface area contributed by atoms with Gasteiger partial charge in [-0.2, -0.15) is 5.26 Å². The Morgan fingerprint density at radius 3 is 2.52 bits per heavy atom. The molecule has 0 saturated carbocycles. The quantitative estimate of drug-likeness (QED) is 0.446. The van der Waals surface area contributed by atoms with Crippen molar-refractivity contribution in [2.24, 2.45) is 0 Å². The number of fused-ring (bicyclic) bond motifs is 1. The van der Waals surface area contributed by atoms with Gasteiger partial charge >= 0.3 is 5.97 Å². The van der Waals surface area contributed by atoms with Crippen LogP contribution in [-0.4, -0.2) is 38.6 Å². The molecule has 3 rings (SSSR count). The minimum Gasteiger partial charge on any atom is -0.448 e. The van der Waals surface area contributed by atoms with Crippen molar-refractivity contribution < 1.29 is 14.3 Å². The van der Waals surface area contributed by atoms with Crippen LogP contribution in [0.4, 0.5) is 11.4 Å². The summed E-state index contributed by atoms with van der Waals surface area (Å²) in [7, 11) is 3.86. The van der Waals surface area contributed by atoms with Crippen molar-refractivity contribution in [2.45, 2.75) is 19.4 Å². The molecule has 1 aliphatic heterocycles. The van der Waals surface area contributed by atoms with Crippen LogP contribution in [0.1, 0.15) is 18.1 Å². The second-order valence-electron chi connectivity index (χ2n) is 7.07. The van der Waals surface area contributed by atoms with Gasteiger partial charge in [0.05, 0.1) is 0 Å². The van der Waals surface area contributed by atoms with Gasteiger partial charge in [0, 0.05) is 32.0 Å². The second kappa shape index (κ2) is 8.61. The normalized spacial score (nSPS) is 14.0. The number of hydrogen-bond acceptors (Lipinski definition) is 5. The van der Waals surface area contributed by atoms with Crippen LogP contribution in [0, 0.1) is 11.3 Å². The molecular weight excluding hydrogens is 366 g/mol. The zero-order valence-electron chi connectivity index (χ0n) is 16.8. The van der Waals surface area contributed by atoms with Gasteiger partial charge in [-0.3, -0.25) is 4.79 Å². The molecule has 0 spiro atoms. The van der Waals surface area contributed by atoms with Crippen molar-refractivity contribution in [1.82, 2.24) is 0 Å². The monoisotopic (exact) mass is 389 g/mol. The van der Waals surface area contributed by atoms with Crippen LogP contribution >= 0.6 is 0 Å². The molecule has 0 aliphatic carbocycles. The maximum Gasteiger partial charge on any atom is 0.349 e. The third kappa shape index (κ3) is 4.46. The number of para-hydroxylation sites is 1. The molecule has 0 bridgehead atoms. The van der Waals surface area contributed by atoms with Crippen molar-refractivity contribution >= 4 is 29.3 Å². The van der Waals surface area contributed by atoms with Gasteiger partial charge in [-0.1, -0.05) is 30.3 Å². The fourth-order valence-corrected chi connectivity index (χ4v) is 3.23. The highest BCUT2D eigenvalue weighted by atomic mass is 16.5. The van der Waals surface area contributed by atoms with E-state index in [0.29, 0.717) is 12.1 Å². The molecule has 0 aromatic heterocycles. The summed E-state index contributed by atoms with van der Waals surface area (Å²) >= 11 is 0. The van der Waals surface area contributed by atoms with Gasteiger partial charge in [0.15, 0.2) is 6.10 Å². The molecule has 6 nitrogen and oxygen atoms in total. The molecular formula is C23H23N3O3. The first-order valence-electron chi connectivity index (χ1n) is 9.40. The number of nitriles is 1. The molecule has 148 valence electrons. The van der Waals surface area contributed by atoms with Gasteiger partial charge in [0.1, 0.15) is 11.6 Å². The lowest BCUT2D eigenvalue weighted by Gasteiger charge is -2.21. The highest BCUT2D eigenvalue weighted by Crippen LogP contribution is 2.28. The Kier molecular flexibility index (Phi) is 5.99. The Bertz CT molecular complexity index is 987. The molecule has 1 aliphatic rings. The van der Waals surface area contributed by atoms with Crippen molar-refractivity contribution in [3.63, 3.8) is 0 Å². The molecule has 0 fully saturated rings. The number of amides is 1. The SMILES string of the molecule is C[C@@H](OC(=O)/C(C#N)=C/c1ccc(N(C)C)cc1)C(=O)N1CCc2ccccc21. The van der Waals surface area contributed by atoms with Crippen LogP contribution in [0.5, 0.6) is 0 Å². The molecule has 1 atom stereocenters. The van der Waals surface area contributed by atoms with Crippen LogP contribution in [0.3, 0.4) is 0 Å². The van der Waals surface area contributed by atoms with Crippen molar-refractivity contribution in [3.8, 4) is 6.07 Å². The fourth-order valence-electron chi connectivity index (χ4n) is 3.23. The van der Waals surface area contributed by atoms with Gasteiger partial charge in [0.25, 0.3) is 5.91 Å². The van der Waals surface area contributed by atoms with E-state index in [2.05, 4.69) is 0 Å². The molecule has 1 amide bonds. The molecule has 1 heterocycles. The topological polar surface area (TPSA) is 73.6 Å². The molecule has 0 N–H and O–H groups in total. The average Bonchev–Trinajstić information content (AvgIpc) is 3.15. The molecule has 2 aromatic rings. The largest absolute Gasteiger partial charge is 0.448 e. The van der Waals surface area contributed by atoms with Crippen molar-refractivity contribution in [3.05, 3.63) is 65.2 Å². The Hall–Kier alpha value is -3.59. The summed E-state index contributed by atoms with van der Waals surface area (Å²) in [6.07, 6.45) is 1.25. The van der Waals surface area contributed by atoms with Gasteiger partial charge in [-0.25, -0.2) is 4.79 Å². The van der Waals surface area contributed by atoms with E-state index in [1.165, 1.54) is 13.0 Å². The Labute approximate surface area is 170 Å². The Morgan fingerprint density at radius 2 is 1.86 bits per heavy atom. The zero-order chi connectivity index (χ0) is 21.0. The van der Waals surface area contributed by atoms with E-state index in [9.17, 15) is 14.9 Å². The van der Waals surface area contributed by atoms with Gasteiger partial charge < -0.3 is 14.5 Å². The fraction of sp³-hybridized carbons (Fsp3) is 0.261. The molecule has 0 unspecified atom stereocenters. The highest BCUT2D eigenvalue weighted by molar-refractivity contribution is 6.02. The third-order valence-corrected chi connectivity index (χ3v) is 4.85. The third-order valence-electron chi connectivity index (χ3n) is 4.85. The minimum absolute atomic E-state index is 0.149. The summed E-state index contributed by atoms with van der Waals surface area (Å²) in [6, 6.07) is 17.0. The average molecular weight is 389 g/mol. The van der Waals surface area contributed by atoms with E-state index in [1.807, 2.05) is 73.6 Å². The maximum absolute atomic E-state index is 12.8. The zero-order valence-corrected chi connectivity index (χ0v) is 16.8. The van der Waals surface area contributed by atoms with Crippen molar-refractivity contribution in [1.29, 1.82) is 5.26 Å². The van der Waals surface area contributed by atoms with Crippen LogP contribution < -0.4 is 9.80 Å². The number of ether oxygens (including phenoxy) is 1. The molecule has 29 heavy (non-hydrogen) atoms. The van der Waals surface area contributed by atoms with Crippen LogP contribution in [0.2, 0.25) is 0 Å². The number of carbonyl (C=O) groups excluding carboxylic acids is 2. The van der Waals surface area contributed by atoms with E-state index in [1.54, 1.807) is 4.90 Å². The van der Waals surface area contributed by atoms with E-state index in [0.717, 1.165) is 23.4 Å². The molecule has 6 heteroatoms. The first-order chi connectivity index (χ1) is 13.9. The summed E-state index contributed by atoms with van der Waals surface area (Å²) in [6.45, 7) is 2.08. The summed E-state index contributed by atoms with van der Waals surface area (Å²) in [5, 5.41) is 9.37. The predicted molar refractivity (Wildman–Crippen MR) is 112 cm³/mol. The number of benzene rings is 2. The smallest absolute Gasteiger partial charge is 0.349 e. The van der Waals surface area contributed by atoms with Crippen LogP contribution in [-0.2, 0) is 20.7 Å². The van der Waals surface area contributed by atoms with Gasteiger partial charge in [0.2, 0.25) is 0 Å². The van der Waals surface area contributed by atoms with Crippen LogP contribution in [0.15, 0.2) is 54.1 Å². The number of hydrogen-bond donors (Lipinski definition) is 0. The lowest BCUT2D eigenvalue weighted by Crippen LogP contribution is -2.39. The second-order valence-corrected chi connectivity index (χ2v) is 7.07. The predicted octanol–water partition coefficient (Wildman–Crippen LogP) is 3.18. The number of esters is 1. The lowest BCUT2D eigenvalue weighted by atomic mass is 10.1. The first kappa shape index (κ1) is 20.2. The molecule has 2 aromatic carbocycles. The Morgan fingerprint density at radius 1 is 1.17 bits per heavy atom. The van der Waals surface area contributed by atoms with Gasteiger partial charge in [-0.15, -0.1) is 0 Å². The summed E-state index contributed by atoms with van der Waals surface area (Å²) in [5.74, 6) is -1.10. The van der Waals surface area contributed by atoms with Crippen molar-refractivity contribution in [2.75, 3.05) is 30.4 Å². The highest BCUT2D eigenvalue weighted by Gasteiger charge is 2.30. The van der Waals surface area contributed by atoms with E-state index in [-0.39, 0.29) is 11.5 Å². The van der Waals surface area contributed by atoms with E-state index in [4.69, 9.17) is 4.74 Å². The lowest BCUT2D eigenvalue weighted by molar-refractivity contribution is -0.149. The Balaban J connectivity index is 1.69.